The Morgan fingerprint density at radius 2 is 2.00 bits per heavy atom. The highest BCUT2D eigenvalue weighted by Crippen LogP contribution is 2.68. The maximum atomic E-state index is 11.7. The van der Waals surface area contributed by atoms with Crippen LogP contribution in [-0.2, 0) is 9.59 Å². The van der Waals surface area contributed by atoms with Crippen molar-refractivity contribution >= 4 is 11.7 Å². The molecule has 2 fully saturated rings. The molecule has 0 heterocycles. The molecular weight excluding hydrogens is 190 g/mol. The van der Waals surface area contributed by atoms with E-state index in [0.717, 1.165) is 11.3 Å². The lowest BCUT2D eigenvalue weighted by atomic mass is 9.95. The van der Waals surface area contributed by atoms with E-state index in [1.54, 1.807) is 0 Å². The van der Waals surface area contributed by atoms with E-state index in [1.807, 2.05) is 6.92 Å². The van der Waals surface area contributed by atoms with Gasteiger partial charge in [-0.25, -0.2) is 0 Å². The van der Waals surface area contributed by atoms with Crippen molar-refractivity contribution in [3.63, 3.8) is 0 Å². The zero-order valence-electron chi connectivity index (χ0n) is 9.68. The number of ketones is 1. The van der Waals surface area contributed by atoms with Gasteiger partial charge in [-0.3, -0.25) is 9.59 Å². The van der Waals surface area contributed by atoms with Gasteiger partial charge >= 0.3 is 0 Å². The van der Waals surface area contributed by atoms with Gasteiger partial charge in [0.2, 0.25) is 5.91 Å². The monoisotopic (exact) mass is 207 g/mol. The summed E-state index contributed by atoms with van der Waals surface area (Å²) in [5.74, 6) is 0.992. The van der Waals surface area contributed by atoms with Crippen molar-refractivity contribution in [1.29, 1.82) is 0 Å². The topological polar surface area (TPSA) is 46.2 Å². The highest BCUT2D eigenvalue weighted by Gasteiger charge is 2.65. The van der Waals surface area contributed by atoms with E-state index in [1.165, 1.54) is 6.92 Å². The average Bonchev–Trinajstić information content (AvgIpc) is 2.49. The second kappa shape index (κ2) is 2.94. The molecule has 2 saturated carbocycles. The number of nitrogens with one attached hydrogen (secondary N) is 1. The smallest absolute Gasteiger partial charge is 0.220 e. The summed E-state index contributed by atoms with van der Waals surface area (Å²) < 4.78 is 0. The summed E-state index contributed by atoms with van der Waals surface area (Å²) in [6.45, 7) is 7.68. The lowest BCUT2D eigenvalue weighted by molar-refractivity contribution is -0.118. The maximum absolute atomic E-state index is 11.7. The van der Waals surface area contributed by atoms with Crippen molar-refractivity contribution in [3.8, 4) is 0 Å². The summed E-state index contributed by atoms with van der Waals surface area (Å²) in [6, 6.07) is 0. The van der Waals surface area contributed by atoms with Crippen molar-refractivity contribution in [2.24, 2.45) is 17.3 Å². The largest absolute Gasteiger partial charge is 0.330 e. The fourth-order valence-electron chi connectivity index (χ4n) is 2.96. The summed E-state index contributed by atoms with van der Waals surface area (Å²) in [5, 5.41) is 2.73. The van der Waals surface area contributed by atoms with Crippen molar-refractivity contribution in [3.05, 3.63) is 11.3 Å². The standard InChI is InChI=1S/C12H17NO2/c1-6(13-7(2)14)10-9(15)5-8-11(10)12(8,3)4/h8,11H,5H2,1-4H3,(H,13,14)/b10-6+/t8-,11+/m1/s1. The lowest BCUT2D eigenvalue weighted by Gasteiger charge is -2.12. The molecule has 1 N–H and O–H groups in total. The van der Waals surface area contributed by atoms with Crippen LogP contribution in [0.25, 0.3) is 0 Å². The average molecular weight is 207 g/mol. The maximum Gasteiger partial charge on any atom is 0.220 e. The van der Waals surface area contributed by atoms with Crippen LogP contribution in [0.2, 0.25) is 0 Å². The summed E-state index contributed by atoms with van der Waals surface area (Å²) in [4.78, 5) is 22.7. The number of hydrogen-bond donors (Lipinski definition) is 1. The molecule has 0 aliphatic heterocycles. The predicted molar refractivity (Wildman–Crippen MR) is 56.9 cm³/mol. The first-order valence-electron chi connectivity index (χ1n) is 5.37. The molecule has 1 amide bonds. The molecule has 3 nitrogen and oxygen atoms in total. The Kier molecular flexibility index (Phi) is 2.04. The molecular formula is C12H17NO2. The van der Waals surface area contributed by atoms with E-state index >= 15 is 0 Å². The molecule has 3 heteroatoms. The van der Waals surface area contributed by atoms with Gasteiger partial charge in [0, 0.05) is 24.6 Å². The third-order valence-corrected chi connectivity index (χ3v) is 3.83. The fraction of sp³-hybridized carbons (Fsp3) is 0.667. The summed E-state index contributed by atoms with van der Waals surface area (Å²) in [7, 11) is 0. The zero-order chi connectivity index (χ0) is 11.4. The van der Waals surface area contributed by atoms with Gasteiger partial charge < -0.3 is 5.32 Å². The molecule has 2 aliphatic rings. The SMILES string of the molecule is CC(=O)N/C(C)=C1\C(=O)C[C@@H]2[C@@H]1C2(C)C. The number of fused-ring (bicyclic) bond motifs is 1. The number of Topliss-reactive ketones (excluding diaryl/α,β-unsaturated/α-hetero) is 1. The van der Waals surface area contributed by atoms with Gasteiger partial charge in [0.25, 0.3) is 0 Å². The molecule has 2 rings (SSSR count). The molecule has 0 aromatic rings. The number of carbonyl (C=O) groups is 2. The molecule has 15 heavy (non-hydrogen) atoms. The molecule has 0 unspecified atom stereocenters. The van der Waals surface area contributed by atoms with Crippen LogP contribution < -0.4 is 5.32 Å². The zero-order valence-corrected chi connectivity index (χ0v) is 9.68. The third-order valence-electron chi connectivity index (χ3n) is 3.83. The van der Waals surface area contributed by atoms with Gasteiger partial charge in [-0.1, -0.05) is 13.8 Å². The van der Waals surface area contributed by atoms with Crippen molar-refractivity contribution < 1.29 is 9.59 Å². The first-order valence-corrected chi connectivity index (χ1v) is 5.37. The van der Waals surface area contributed by atoms with E-state index < -0.39 is 0 Å². The van der Waals surface area contributed by atoms with Crippen molar-refractivity contribution in [2.45, 2.75) is 34.1 Å². The molecule has 0 aromatic carbocycles. The summed E-state index contributed by atoms with van der Waals surface area (Å²) in [5.41, 5.74) is 1.87. The molecule has 82 valence electrons. The van der Waals surface area contributed by atoms with Gasteiger partial charge in [0.05, 0.1) is 0 Å². The van der Waals surface area contributed by atoms with Crippen LogP contribution in [0, 0.1) is 17.3 Å². The van der Waals surface area contributed by atoms with E-state index in [2.05, 4.69) is 19.2 Å². The van der Waals surface area contributed by atoms with Gasteiger partial charge in [0.1, 0.15) is 0 Å². The minimum Gasteiger partial charge on any atom is -0.330 e. The fourth-order valence-corrected chi connectivity index (χ4v) is 2.96. The van der Waals surface area contributed by atoms with E-state index in [-0.39, 0.29) is 17.1 Å². The molecule has 2 atom stereocenters. The van der Waals surface area contributed by atoms with Crippen LogP contribution in [0.3, 0.4) is 0 Å². The van der Waals surface area contributed by atoms with Gasteiger partial charge in [-0.15, -0.1) is 0 Å². The number of amides is 1. The van der Waals surface area contributed by atoms with Crippen LogP contribution >= 0.6 is 0 Å². The Labute approximate surface area is 89.9 Å². The van der Waals surface area contributed by atoms with Crippen LogP contribution in [0.5, 0.6) is 0 Å². The van der Waals surface area contributed by atoms with Gasteiger partial charge in [-0.2, -0.15) is 0 Å². The molecule has 0 aromatic heterocycles. The number of carbonyl (C=O) groups excluding carboxylic acids is 2. The number of hydrogen-bond acceptors (Lipinski definition) is 2. The molecule has 0 radical (unpaired) electrons. The number of rotatable bonds is 1. The Morgan fingerprint density at radius 1 is 1.40 bits per heavy atom. The minimum atomic E-state index is -0.102. The Hall–Kier alpha value is -1.12. The molecule has 2 aliphatic carbocycles. The predicted octanol–water partition coefficient (Wildman–Crippen LogP) is 1.64. The van der Waals surface area contributed by atoms with E-state index in [9.17, 15) is 9.59 Å². The Balaban J connectivity index is 2.28. The van der Waals surface area contributed by atoms with Crippen LogP contribution in [-0.4, -0.2) is 11.7 Å². The normalized spacial score (nSPS) is 34.8. The van der Waals surface area contributed by atoms with Gasteiger partial charge in [-0.05, 0) is 24.2 Å². The highest BCUT2D eigenvalue weighted by molar-refractivity contribution is 6.01. The summed E-state index contributed by atoms with van der Waals surface area (Å²) >= 11 is 0. The van der Waals surface area contributed by atoms with Crippen LogP contribution in [0.15, 0.2) is 11.3 Å². The van der Waals surface area contributed by atoms with Gasteiger partial charge in [0.15, 0.2) is 5.78 Å². The van der Waals surface area contributed by atoms with E-state index in [4.69, 9.17) is 0 Å². The first kappa shape index (κ1) is 10.4. The second-order valence-corrected chi connectivity index (χ2v) is 5.25. The number of allylic oxidation sites excluding steroid dienone is 2. The lowest BCUT2D eigenvalue weighted by Crippen LogP contribution is -2.22. The molecule has 0 spiro atoms. The summed E-state index contributed by atoms with van der Waals surface area (Å²) in [6.07, 6.45) is 0.657. The molecule has 0 bridgehead atoms. The van der Waals surface area contributed by atoms with Crippen LogP contribution in [0.4, 0.5) is 0 Å². The van der Waals surface area contributed by atoms with Crippen molar-refractivity contribution in [1.82, 2.24) is 5.32 Å². The third kappa shape index (κ3) is 1.41. The first-order chi connectivity index (χ1) is 6.85. The highest BCUT2D eigenvalue weighted by atomic mass is 16.1. The second-order valence-electron chi connectivity index (χ2n) is 5.25. The Bertz CT molecular complexity index is 379. The molecule has 0 saturated heterocycles. The van der Waals surface area contributed by atoms with Crippen molar-refractivity contribution in [2.75, 3.05) is 0 Å². The van der Waals surface area contributed by atoms with E-state index in [0.29, 0.717) is 18.3 Å². The Morgan fingerprint density at radius 3 is 2.47 bits per heavy atom. The quantitative estimate of drug-likeness (QED) is 0.664. The minimum absolute atomic E-state index is 0.102. The van der Waals surface area contributed by atoms with Crippen LogP contribution in [0.1, 0.15) is 34.1 Å².